The zero-order chi connectivity index (χ0) is 13.1. The lowest BCUT2D eigenvalue weighted by molar-refractivity contribution is 0.207. The van der Waals surface area contributed by atoms with Gasteiger partial charge >= 0.3 is 0 Å². The van der Waals surface area contributed by atoms with E-state index in [0.29, 0.717) is 22.2 Å². The van der Waals surface area contributed by atoms with Crippen molar-refractivity contribution in [1.82, 2.24) is 9.97 Å². The maximum absolute atomic E-state index is 10.3. The Bertz CT molecular complexity index is 540. The topological polar surface area (TPSA) is 55.2 Å². The van der Waals surface area contributed by atoms with E-state index >= 15 is 0 Å². The number of aliphatic hydroxyl groups excluding tert-OH is 1. The third kappa shape index (κ3) is 2.60. The van der Waals surface area contributed by atoms with Crippen molar-refractivity contribution in [2.45, 2.75) is 13.0 Å². The Morgan fingerprint density at radius 1 is 1.22 bits per heavy atom. The van der Waals surface area contributed by atoms with Gasteiger partial charge in [0.15, 0.2) is 0 Å². The van der Waals surface area contributed by atoms with Gasteiger partial charge in [-0.25, -0.2) is 4.98 Å². The molecule has 1 unspecified atom stereocenters. The van der Waals surface area contributed by atoms with Crippen molar-refractivity contribution in [3.05, 3.63) is 52.4 Å². The fourth-order valence-corrected chi connectivity index (χ4v) is 2.06. The maximum Gasteiger partial charge on any atom is 0.238 e. The van der Waals surface area contributed by atoms with Crippen LogP contribution in [0.15, 0.2) is 30.6 Å². The summed E-state index contributed by atoms with van der Waals surface area (Å²) in [6.07, 6.45) is 2.11. The Hall–Kier alpha value is -1.65. The van der Waals surface area contributed by atoms with Crippen molar-refractivity contribution < 1.29 is 9.84 Å². The van der Waals surface area contributed by atoms with Gasteiger partial charge in [-0.2, -0.15) is 0 Å². The van der Waals surface area contributed by atoms with Crippen molar-refractivity contribution in [1.29, 1.82) is 0 Å². The summed E-state index contributed by atoms with van der Waals surface area (Å²) in [4.78, 5) is 8.12. The van der Waals surface area contributed by atoms with Crippen molar-refractivity contribution in [3.63, 3.8) is 0 Å². The molecule has 0 bridgehead atoms. The Kier molecular flexibility index (Phi) is 3.79. The minimum atomic E-state index is -0.911. The molecule has 0 aliphatic carbocycles. The van der Waals surface area contributed by atoms with E-state index in [-0.39, 0.29) is 0 Å². The molecule has 0 amide bonds. The third-order valence-electron chi connectivity index (χ3n) is 2.52. The highest BCUT2D eigenvalue weighted by Crippen LogP contribution is 2.28. The molecule has 5 heteroatoms. The number of aryl methyl sites for hydroxylation is 1. The van der Waals surface area contributed by atoms with Crippen LogP contribution in [0.3, 0.4) is 0 Å². The van der Waals surface area contributed by atoms with Crippen molar-refractivity contribution in [2.75, 3.05) is 7.11 Å². The van der Waals surface area contributed by atoms with E-state index in [0.717, 1.165) is 5.56 Å². The number of aliphatic hydroxyl groups is 1. The van der Waals surface area contributed by atoms with Gasteiger partial charge in [-0.3, -0.25) is 4.98 Å². The standard InChI is InChI=1S/C13H13ClN2O2/c1-8-5-9(7-10(14)6-8)12(17)11-13(18-2)16-4-3-15-11/h3-7,12,17H,1-2H3. The molecule has 0 aliphatic rings. The highest BCUT2D eigenvalue weighted by Gasteiger charge is 2.18. The van der Waals surface area contributed by atoms with E-state index in [2.05, 4.69) is 9.97 Å². The lowest BCUT2D eigenvalue weighted by atomic mass is 10.0. The Morgan fingerprint density at radius 2 is 1.94 bits per heavy atom. The minimum absolute atomic E-state index is 0.308. The van der Waals surface area contributed by atoms with Crippen LogP contribution in [0.4, 0.5) is 0 Å². The predicted octanol–water partition coefficient (Wildman–Crippen LogP) is 2.53. The summed E-state index contributed by atoms with van der Waals surface area (Å²) >= 11 is 5.98. The van der Waals surface area contributed by atoms with E-state index in [1.165, 1.54) is 19.5 Å². The molecule has 18 heavy (non-hydrogen) atoms. The van der Waals surface area contributed by atoms with Crippen LogP contribution in [0.5, 0.6) is 5.88 Å². The SMILES string of the molecule is COc1nccnc1C(O)c1cc(C)cc(Cl)c1. The average molecular weight is 265 g/mol. The van der Waals surface area contributed by atoms with Crippen LogP contribution < -0.4 is 4.74 Å². The lowest BCUT2D eigenvalue weighted by Crippen LogP contribution is -2.06. The zero-order valence-electron chi connectivity index (χ0n) is 10.1. The second kappa shape index (κ2) is 5.33. The summed E-state index contributed by atoms with van der Waals surface area (Å²) in [5.41, 5.74) is 2.01. The van der Waals surface area contributed by atoms with E-state index in [4.69, 9.17) is 16.3 Å². The summed E-state index contributed by atoms with van der Waals surface area (Å²) < 4.78 is 5.08. The number of rotatable bonds is 3. The molecular weight excluding hydrogens is 252 g/mol. The normalized spacial score (nSPS) is 12.2. The number of nitrogens with zero attached hydrogens (tertiary/aromatic N) is 2. The van der Waals surface area contributed by atoms with Gasteiger partial charge in [-0.1, -0.05) is 17.7 Å². The first-order valence-corrected chi connectivity index (χ1v) is 5.79. The molecule has 0 radical (unpaired) electrons. The molecule has 94 valence electrons. The van der Waals surface area contributed by atoms with Crippen LogP contribution in [0.1, 0.15) is 22.9 Å². The third-order valence-corrected chi connectivity index (χ3v) is 2.74. The highest BCUT2D eigenvalue weighted by atomic mass is 35.5. The monoisotopic (exact) mass is 264 g/mol. The lowest BCUT2D eigenvalue weighted by Gasteiger charge is -2.13. The summed E-state index contributed by atoms with van der Waals surface area (Å²) in [5, 5.41) is 10.9. The molecule has 0 fully saturated rings. The molecule has 1 aromatic heterocycles. The molecule has 2 rings (SSSR count). The van der Waals surface area contributed by atoms with Crippen LogP contribution >= 0.6 is 11.6 Å². The van der Waals surface area contributed by atoms with Gasteiger partial charge in [0.05, 0.1) is 7.11 Å². The zero-order valence-corrected chi connectivity index (χ0v) is 10.8. The molecule has 1 N–H and O–H groups in total. The van der Waals surface area contributed by atoms with Crippen molar-refractivity contribution in [2.24, 2.45) is 0 Å². The van der Waals surface area contributed by atoms with Gasteiger partial charge in [0.1, 0.15) is 11.8 Å². The number of hydrogen-bond acceptors (Lipinski definition) is 4. The van der Waals surface area contributed by atoms with Crippen LogP contribution in [0.2, 0.25) is 5.02 Å². The van der Waals surface area contributed by atoms with E-state index < -0.39 is 6.10 Å². The molecule has 0 saturated carbocycles. The smallest absolute Gasteiger partial charge is 0.238 e. The molecular formula is C13H13ClN2O2. The Labute approximate surface area is 110 Å². The summed E-state index contributed by atoms with van der Waals surface area (Å²) in [5.74, 6) is 0.308. The first-order chi connectivity index (χ1) is 8.61. The molecule has 0 spiro atoms. The van der Waals surface area contributed by atoms with Crippen LogP contribution in [-0.4, -0.2) is 22.2 Å². The van der Waals surface area contributed by atoms with Crippen LogP contribution in [0, 0.1) is 6.92 Å². The first kappa shape index (κ1) is 12.8. The quantitative estimate of drug-likeness (QED) is 0.926. The minimum Gasteiger partial charge on any atom is -0.480 e. The second-order valence-electron chi connectivity index (χ2n) is 3.92. The fraction of sp³-hybridized carbons (Fsp3) is 0.231. The summed E-state index contributed by atoms with van der Waals surface area (Å²) in [6.45, 7) is 1.91. The molecule has 0 aliphatic heterocycles. The molecule has 1 atom stereocenters. The summed E-state index contributed by atoms with van der Waals surface area (Å²) in [7, 11) is 1.49. The van der Waals surface area contributed by atoms with Crippen molar-refractivity contribution in [3.8, 4) is 5.88 Å². The van der Waals surface area contributed by atoms with E-state index in [1.807, 2.05) is 19.1 Å². The molecule has 2 aromatic rings. The van der Waals surface area contributed by atoms with Gasteiger partial charge in [0.25, 0.3) is 0 Å². The number of halogens is 1. The predicted molar refractivity (Wildman–Crippen MR) is 68.8 cm³/mol. The summed E-state index contributed by atoms with van der Waals surface area (Å²) in [6, 6.07) is 5.38. The van der Waals surface area contributed by atoms with Gasteiger partial charge in [0.2, 0.25) is 5.88 Å². The highest BCUT2D eigenvalue weighted by molar-refractivity contribution is 6.30. The van der Waals surface area contributed by atoms with Crippen LogP contribution in [-0.2, 0) is 0 Å². The van der Waals surface area contributed by atoms with Gasteiger partial charge in [-0.15, -0.1) is 0 Å². The van der Waals surface area contributed by atoms with E-state index in [9.17, 15) is 5.11 Å². The van der Waals surface area contributed by atoms with Gasteiger partial charge in [0, 0.05) is 17.4 Å². The fourth-order valence-electron chi connectivity index (χ4n) is 1.76. The molecule has 1 aromatic carbocycles. The molecule has 1 heterocycles. The van der Waals surface area contributed by atoms with E-state index in [1.54, 1.807) is 6.07 Å². The number of hydrogen-bond donors (Lipinski definition) is 1. The number of ether oxygens (including phenoxy) is 1. The maximum atomic E-state index is 10.3. The Balaban J connectivity index is 2.44. The van der Waals surface area contributed by atoms with Gasteiger partial charge in [-0.05, 0) is 30.2 Å². The largest absolute Gasteiger partial charge is 0.480 e. The van der Waals surface area contributed by atoms with Crippen LogP contribution in [0.25, 0.3) is 0 Å². The first-order valence-electron chi connectivity index (χ1n) is 5.42. The Morgan fingerprint density at radius 3 is 2.61 bits per heavy atom. The molecule has 4 nitrogen and oxygen atoms in total. The number of methoxy groups -OCH3 is 1. The average Bonchev–Trinajstić information content (AvgIpc) is 2.36. The second-order valence-corrected chi connectivity index (χ2v) is 4.35. The number of aromatic nitrogens is 2. The van der Waals surface area contributed by atoms with Gasteiger partial charge < -0.3 is 9.84 Å². The molecule has 0 saturated heterocycles. The van der Waals surface area contributed by atoms with Crippen molar-refractivity contribution >= 4 is 11.6 Å². The number of benzene rings is 1.